The van der Waals surface area contributed by atoms with Crippen LogP contribution in [0.3, 0.4) is 0 Å². The summed E-state index contributed by atoms with van der Waals surface area (Å²) in [6, 6.07) is 2.74. The number of thioether (sulfide) groups is 1. The summed E-state index contributed by atoms with van der Waals surface area (Å²) >= 11 is 3.63. The van der Waals surface area contributed by atoms with E-state index in [1.54, 1.807) is 11.8 Å². The van der Waals surface area contributed by atoms with Crippen molar-refractivity contribution in [2.24, 2.45) is 0 Å². The molecule has 0 aliphatic carbocycles. The number of hydrogen-bond acceptors (Lipinski definition) is 9. The minimum Gasteiger partial charge on any atom is -0.457 e. The van der Waals surface area contributed by atoms with Crippen molar-refractivity contribution in [3.63, 3.8) is 0 Å². The minimum atomic E-state index is -3.74. The molecular weight excluding hydrogens is 420 g/mol. The van der Waals surface area contributed by atoms with Gasteiger partial charge in [-0.3, -0.25) is 10.1 Å². The fraction of sp³-hybridized carbons (Fsp3) is 0.357. The van der Waals surface area contributed by atoms with Crippen LogP contribution in [0.2, 0.25) is 0 Å². The Balaban J connectivity index is 1.72. The summed E-state index contributed by atoms with van der Waals surface area (Å²) < 4.78 is 32.1. The molecule has 3 heterocycles. The SMILES string of the molecule is O=C(OCc1csc([N+](=O)[O-])c1)c1sccc1S(=O)(=O)N1CCSCC1. The van der Waals surface area contributed by atoms with Crippen molar-refractivity contribution >= 4 is 55.4 Å². The third-order valence-electron chi connectivity index (χ3n) is 3.59. The summed E-state index contributed by atoms with van der Waals surface area (Å²) in [6.45, 7) is 0.673. The Morgan fingerprint density at radius 2 is 2.04 bits per heavy atom. The van der Waals surface area contributed by atoms with Crippen LogP contribution in [-0.2, 0) is 21.4 Å². The maximum atomic E-state index is 12.8. The van der Waals surface area contributed by atoms with Gasteiger partial charge in [0.15, 0.2) is 0 Å². The van der Waals surface area contributed by atoms with Crippen LogP contribution in [0, 0.1) is 10.1 Å². The zero-order valence-electron chi connectivity index (χ0n) is 13.3. The summed E-state index contributed by atoms with van der Waals surface area (Å²) in [5.41, 5.74) is 0.490. The third kappa shape index (κ3) is 4.09. The van der Waals surface area contributed by atoms with Crippen molar-refractivity contribution in [2.75, 3.05) is 24.6 Å². The molecule has 0 aromatic carbocycles. The van der Waals surface area contributed by atoms with Gasteiger partial charge in [-0.15, -0.1) is 11.3 Å². The first kappa shape index (κ1) is 19.3. The molecule has 26 heavy (non-hydrogen) atoms. The fourth-order valence-corrected chi connectivity index (χ4v) is 6.90. The Bertz CT molecular complexity index is 914. The van der Waals surface area contributed by atoms with Gasteiger partial charge in [-0.2, -0.15) is 16.1 Å². The molecule has 1 saturated heterocycles. The first-order valence-electron chi connectivity index (χ1n) is 7.44. The van der Waals surface area contributed by atoms with Crippen LogP contribution < -0.4 is 0 Å². The lowest BCUT2D eigenvalue weighted by Crippen LogP contribution is -2.38. The van der Waals surface area contributed by atoms with Gasteiger partial charge < -0.3 is 4.74 Å². The maximum Gasteiger partial charge on any atom is 0.350 e. The molecule has 1 aliphatic rings. The summed E-state index contributed by atoms with van der Waals surface area (Å²) in [5, 5.41) is 13.7. The van der Waals surface area contributed by atoms with Crippen LogP contribution >= 0.6 is 34.4 Å². The van der Waals surface area contributed by atoms with E-state index >= 15 is 0 Å². The Morgan fingerprint density at radius 1 is 1.31 bits per heavy atom. The highest BCUT2D eigenvalue weighted by atomic mass is 32.2. The number of ether oxygens (including phenoxy) is 1. The molecule has 8 nitrogen and oxygen atoms in total. The number of thiophene rings is 2. The predicted molar refractivity (Wildman–Crippen MR) is 100 cm³/mol. The molecule has 0 spiro atoms. The molecule has 0 atom stereocenters. The smallest absolute Gasteiger partial charge is 0.350 e. The molecule has 1 aliphatic heterocycles. The van der Waals surface area contributed by atoms with Crippen molar-refractivity contribution in [3.8, 4) is 0 Å². The van der Waals surface area contributed by atoms with Gasteiger partial charge in [0.05, 0.1) is 4.92 Å². The number of hydrogen-bond donors (Lipinski definition) is 0. The van der Waals surface area contributed by atoms with Crippen molar-refractivity contribution in [1.29, 1.82) is 0 Å². The van der Waals surface area contributed by atoms with Gasteiger partial charge in [-0.1, -0.05) is 11.3 Å². The summed E-state index contributed by atoms with van der Waals surface area (Å²) in [7, 11) is -3.74. The number of nitrogens with zero attached hydrogens (tertiary/aromatic N) is 2. The van der Waals surface area contributed by atoms with Crippen LogP contribution in [0.4, 0.5) is 5.00 Å². The van der Waals surface area contributed by atoms with Gasteiger partial charge in [0.2, 0.25) is 10.0 Å². The summed E-state index contributed by atoms with van der Waals surface area (Å²) in [5.74, 6) is 0.694. The van der Waals surface area contributed by atoms with E-state index in [9.17, 15) is 23.3 Å². The Kier molecular flexibility index (Phi) is 5.97. The van der Waals surface area contributed by atoms with Crippen LogP contribution in [0.15, 0.2) is 27.8 Å². The van der Waals surface area contributed by atoms with E-state index in [4.69, 9.17) is 4.74 Å². The topological polar surface area (TPSA) is 107 Å². The van der Waals surface area contributed by atoms with Crippen LogP contribution in [-0.4, -0.2) is 48.2 Å². The lowest BCUT2D eigenvalue weighted by molar-refractivity contribution is -0.380. The number of esters is 1. The highest BCUT2D eigenvalue weighted by molar-refractivity contribution is 7.99. The lowest BCUT2D eigenvalue weighted by atomic mass is 10.3. The summed E-state index contributed by atoms with van der Waals surface area (Å²) in [4.78, 5) is 22.5. The number of rotatable bonds is 6. The van der Waals surface area contributed by atoms with Crippen LogP contribution in [0.5, 0.6) is 0 Å². The second-order valence-corrected chi connectivity index (χ2v) is 10.2. The summed E-state index contributed by atoms with van der Waals surface area (Å²) in [6.07, 6.45) is 0. The largest absolute Gasteiger partial charge is 0.457 e. The first-order chi connectivity index (χ1) is 12.4. The molecule has 0 amide bonds. The molecule has 0 unspecified atom stereocenters. The monoisotopic (exact) mass is 434 g/mol. The van der Waals surface area contributed by atoms with Gasteiger partial charge in [-0.05, 0) is 11.4 Å². The predicted octanol–water partition coefficient (Wildman–Crippen LogP) is 2.81. The number of nitro groups is 1. The third-order valence-corrected chi connectivity index (χ3v) is 8.43. The van der Waals surface area contributed by atoms with Gasteiger partial charge in [0.1, 0.15) is 16.4 Å². The molecule has 2 aromatic rings. The van der Waals surface area contributed by atoms with E-state index in [-0.39, 0.29) is 21.4 Å². The molecule has 0 radical (unpaired) electrons. The number of sulfonamides is 1. The quantitative estimate of drug-likeness (QED) is 0.391. The number of carbonyl (C=O) groups excluding carboxylic acids is 1. The molecule has 1 fully saturated rings. The van der Waals surface area contributed by atoms with E-state index in [0.29, 0.717) is 18.7 Å². The highest BCUT2D eigenvalue weighted by Gasteiger charge is 2.31. The standard InChI is InChI=1S/C14H14N2O6S4/c17-14(22-8-10-7-12(16(18)19)25-9-10)13-11(1-4-24-13)26(20,21)15-2-5-23-6-3-15/h1,4,7,9H,2-3,5-6,8H2. The first-order valence-corrected chi connectivity index (χ1v) is 11.8. The van der Waals surface area contributed by atoms with Crippen molar-refractivity contribution in [3.05, 3.63) is 43.4 Å². The normalized spacial score (nSPS) is 15.7. The van der Waals surface area contributed by atoms with Crippen molar-refractivity contribution in [2.45, 2.75) is 11.5 Å². The van der Waals surface area contributed by atoms with Crippen LogP contribution in [0.25, 0.3) is 0 Å². The molecule has 3 rings (SSSR count). The molecule has 2 aromatic heterocycles. The maximum absolute atomic E-state index is 12.8. The highest BCUT2D eigenvalue weighted by Crippen LogP contribution is 2.28. The fourth-order valence-electron chi connectivity index (χ4n) is 2.32. The molecular formula is C14H14N2O6S4. The van der Waals surface area contributed by atoms with Crippen molar-refractivity contribution in [1.82, 2.24) is 4.31 Å². The molecule has 12 heteroatoms. The van der Waals surface area contributed by atoms with E-state index < -0.39 is 20.9 Å². The average molecular weight is 435 g/mol. The van der Waals surface area contributed by atoms with E-state index in [1.807, 2.05) is 0 Å². The molecule has 0 bridgehead atoms. The van der Waals surface area contributed by atoms with Gasteiger partial charge in [0.25, 0.3) is 0 Å². The molecule has 0 N–H and O–H groups in total. The second-order valence-electron chi connectivity index (χ2n) is 5.26. The lowest BCUT2D eigenvalue weighted by Gasteiger charge is -2.25. The average Bonchev–Trinajstić information content (AvgIpc) is 3.30. The zero-order valence-corrected chi connectivity index (χ0v) is 16.6. The Hall–Kier alpha value is -1.47. The van der Waals surface area contributed by atoms with Gasteiger partial charge in [0, 0.05) is 41.6 Å². The van der Waals surface area contributed by atoms with E-state index in [2.05, 4.69) is 0 Å². The second kappa shape index (κ2) is 8.05. The Labute approximate surface area is 162 Å². The molecule has 0 saturated carbocycles. The molecule has 140 valence electrons. The van der Waals surface area contributed by atoms with Gasteiger partial charge in [-0.25, -0.2) is 13.2 Å². The van der Waals surface area contributed by atoms with Crippen molar-refractivity contribution < 1.29 is 22.9 Å². The van der Waals surface area contributed by atoms with Crippen LogP contribution in [0.1, 0.15) is 15.2 Å². The zero-order chi connectivity index (χ0) is 18.7. The van der Waals surface area contributed by atoms with E-state index in [0.717, 1.165) is 34.2 Å². The Morgan fingerprint density at radius 3 is 2.69 bits per heavy atom. The van der Waals surface area contributed by atoms with Gasteiger partial charge >= 0.3 is 11.0 Å². The number of carbonyl (C=O) groups is 1. The van der Waals surface area contributed by atoms with E-state index in [1.165, 1.54) is 27.2 Å². The minimum absolute atomic E-state index is 0.0213.